The van der Waals surface area contributed by atoms with Crippen molar-refractivity contribution in [2.75, 3.05) is 27.9 Å². The lowest BCUT2D eigenvalue weighted by Gasteiger charge is -2.15. The van der Waals surface area contributed by atoms with Crippen LogP contribution in [0.25, 0.3) is 0 Å². The summed E-state index contributed by atoms with van der Waals surface area (Å²) in [6, 6.07) is 8.35. The van der Waals surface area contributed by atoms with Crippen LogP contribution in [0.15, 0.2) is 30.3 Å². The molecule has 2 rings (SSSR count). The van der Waals surface area contributed by atoms with Gasteiger partial charge in [-0.3, -0.25) is 4.79 Å². The van der Waals surface area contributed by atoms with Gasteiger partial charge in [-0.15, -0.1) is 0 Å². The van der Waals surface area contributed by atoms with Crippen LogP contribution in [0.2, 0.25) is 10.0 Å². The number of carbonyl (C=O) groups excluding carboxylic acids is 1. The summed E-state index contributed by atoms with van der Waals surface area (Å²) in [5.74, 6) is 1.62. The van der Waals surface area contributed by atoms with Gasteiger partial charge < -0.3 is 19.5 Å². The van der Waals surface area contributed by atoms with E-state index in [0.717, 1.165) is 5.56 Å². The molecule has 7 heteroatoms. The zero-order valence-corrected chi connectivity index (χ0v) is 15.7. The number of carbonyl (C=O) groups is 1. The van der Waals surface area contributed by atoms with Crippen molar-refractivity contribution >= 4 is 29.1 Å². The van der Waals surface area contributed by atoms with E-state index in [4.69, 9.17) is 37.4 Å². The fourth-order valence-corrected chi connectivity index (χ4v) is 2.67. The first-order valence-electron chi connectivity index (χ1n) is 7.52. The highest BCUT2D eigenvalue weighted by atomic mass is 35.5. The fourth-order valence-electron chi connectivity index (χ4n) is 2.37. The predicted molar refractivity (Wildman–Crippen MR) is 98.6 cm³/mol. The number of hydrogen-bond acceptors (Lipinski definition) is 4. The van der Waals surface area contributed by atoms with Crippen molar-refractivity contribution in [1.82, 2.24) is 5.32 Å². The highest BCUT2D eigenvalue weighted by Gasteiger charge is 2.14. The Hall–Kier alpha value is -2.11. The lowest BCUT2D eigenvalue weighted by Crippen LogP contribution is -2.25. The molecule has 0 saturated heterocycles. The summed E-state index contributed by atoms with van der Waals surface area (Å²) in [6.07, 6.45) is 0.545. The van der Waals surface area contributed by atoms with E-state index < -0.39 is 0 Å². The van der Waals surface area contributed by atoms with E-state index in [-0.39, 0.29) is 5.91 Å². The Morgan fingerprint density at radius 1 is 1.00 bits per heavy atom. The zero-order chi connectivity index (χ0) is 18.4. The third-order valence-corrected chi connectivity index (χ3v) is 4.37. The Kier molecular flexibility index (Phi) is 6.79. The molecule has 25 heavy (non-hydrogen) atoms. The lowest BCUT2D eigenvalue weighted by molar-refractivity contribution is 0.0954. The maximum Gasteiger partial charge on any atom is 0.251 e. The van der Waals surface area contributed by atoms with E-state index in [0.29, 0.717) is 45.8 Å². The van der Waals surface area contributed by atoms with Crippen molar-refractivity contribution in [3.8, 4) is 17.2 Å². The molecule has 0 spiro atoms. The zero-order valence-electron chi connectivity index (χ0n) is 14.2. The van der Waals surface area contributed by atoms with Crippen LogP contribution in [0.5, 0.6) is 17.2 Å². The highest BCUT2D eigenvalue weighted by Crippen LogP contribution is 2.35. The number of nitrogens with one attached hydrogen (secondary N) is 1. The largest absolute Gasteiger partial charge is 0.497 e. The summed E-state index contributed by atoms with van der Waals surface area (Å²) in [5, 5.41) is 3.59. The second-order valence-corrected chi connectivity index (χ2v) is 5.97. The van der Waals surface area contributed by atoms with Gasteiger partial charge in [0.15, 0.2) is 11.5 Å². The molecule has 2 aromatic carbocycles. The van der Waals surface area contributed by atoms with Gasteiger partial charge in [-0.05, 0) is 30.7 Å². The van der Waals surface area contributed by atoms with E-state index in [9.17, 15) is 4.79 Å². The maximum absolute atomic E-state index is 12.2. The molecule has 0 aliphatic carbocycles. The van der Waals surface area contributed by atoms with Gasteiger partial charge in [0.05, 0.1) is 31.4 Å². The maximum atomic E-state index is 12.2. The molecule has 0 aromatic heterocycles. The van der Waals surface area contributed by atoms with Gasteiger partial charge in [-0.1, -0.05) is 23.2 Å². The fraction of sp³-hybridized carbons (Fsp3) is 0.278. The van der Waals surface area contributed by atoms with Gasteiger partial charge in [0, 0.05) is 23.7 Å². The van der Waals surface area contributed by atoms with Gasteiger partial charge >= 0.3 is 0 Å². The summed E-state index contributed by atoms with van der Waals surface area (Å²) in [6.45, 7) is 0.408. The van der Waals surface area contributed by atoms with Gasteiger partial charge in [-0.25, -0.2) is 0 Å². The van der Waals surface area contributed by atoms with Gasteiger partial charge in [0.25, 0.3) is 5.91 Å². The molecule has 1 N–H and O–H groups in total. The summed E-state index contributed by atoms with van der Waals surface area (Å²) in [7, 11) is 4.71. The second-order valence-electron chi connectivity index (χ2n) is 5.16. The van der Waals surface area contributed by atoms with Crippen LogP contribution in [0.1, 0.15) is 15.9 Å². The molecule has 0 atom stereocenters. The standard InChI is InChI=1S/C18H19Cl2NO4/c1-23-13-8-11(17(25-3)16(10-13)24-2)6-7-21-18(22)12-4-5-14(19)15(20)9-12/h4-5,8-10H,6-7H2,1-3H3,(H,21,22). The van der Waals surface area contributed by atoms with Crippen LogP contribution >= 0.6 is 23.2 Å². The number of hydrogen-bond donors (Lipinski definition) is 1. The molecule has 2 aromatic rings. The summed E-state index contributed by atoms with van der Waals surface area (Å²) < 4.78 is 16.0. The third kappa shape index (κ3) is 4.71. The molecule has 0 heterocycles. The van der Waals surface area contributed by atoms with E-state index >= 15 is 0 Å². The molecule has 0 unspecified atom stereocenters. The monoisotopic (exact) mass is 383 g/mol. The molecule has 0 fully saturated rings. The topological polar surface area (TPSA) is 56.8 Å². The Bertz CT molecular complexity index is 765. The van der Waals surface area contributed by atoms with Crippen LogP contribution in [0.4, 0.5) is 0 Å². The van der Waals surface area contributed by atoms with Crippen molar-refractivity contribution in [3.63, 3.8) is 0 Å². The Morgan fingerprint density at radius 2 is 1.76 bits per heavy atom. The molecule has 1 amide bonds. The SMILES string of the molecule is COc1cc(CCNC(=O)c2ccc(Cl)c(Cl)c2)c(OC)c(OC)c1. The molecule has 5 nitrogen and oxygen atoms in total. The number of methoxy groups -OCH3 is 3. The first-order chi connectivity index (χ1) is 12.0. The summed E-state index contributed by atoms with van der Waals surface area (Å²) >= 11 is 11.8. The summed E-state index contributed by atoms with van der Waals surface area (Å²) in [4.78, 5) is 12.2. The number of benzene rings is 2. The molecular formula is C18H19Cl2NO4. The Balaban J connectivity index is 2.08. The second kappa shape index (κ2) is 8.83. The lowest BCUT2D eigenvalue weighted by atomic mass is 10.1. The van der Waals surface area contributed by atoms with Crippen LogP contribution in [-0.2, 0) is 6.42 Å². The minimum absolute atomic E-state index is 0.229. The molecule has 134 valence electrons. The Labute approximate surface area is 156 Å². The third-order valence-electron chi connectivity index (χ3n) is 3.63. The smallest absolute Gasteiger partial charge is 0.251 e. The van der Waals surface area contributed by atoms with Crippen molar-refractivity contribution in [1.29, 1.82) is 0 Å². The first kappa shape index (κ1) is 19.2. The van der Waals surface area contributed by atoms with E-state index in [1.54, 1.807) is 39.5 Å². The van der Waals surface area contributed by atoms with E-state index in [2.05, 4.69) is 5.32 Å². The van der Waals surface area contributed by atoms with E-state index in [1.165, 1.54) is 6.07 Å². The van der Waals surface area contributed by atoms with Crippen molar-refractivity contribution < 1.29 is 19.0 Å². The highest BCUT2D eigenvalue weighted by molar-refractivity contribution is 6.42. The van der Waals surface area contributed by atoms with Crippen LogP contribution in [0.3, 0.4) is 0 Å². The van der Waals surface area contributed by atoms with Crippen molar-refractivity contribution in [2.45, 2.75) is 6.42 Å². The van der Waals surface area contributed by atoms with E-state index in [1.807, 2.05) is 6.07 Å². The van der Waals surface area contributed by atoms with Crippen LogP contribution < -0.4 is 19.5 Å². The first-order valence-corrected chi connectivity index (χ1v) is 8.27. The molecule has 0 aliphatic rings. The number of ether oxygens (including phenoxy) is 3. The number of halogens is 2. The molecule has 0 bridgehead atoms. The van der Waals surface area contributed by atoms with Gasteiger partial charge in [-0.2, -0.15) is 0 Å². The molecule has 0 aliphatic heterocycles. The normalized spacial score (nSPS) is 10.3. The number of amides is 1. The van der Waals surface area contributed by atoms with Crippen LogP contribution in [0, 0.1) is 0 Å². The minimum atomic E-state index is -0.229. The molecular weight excluding hydrogens is 365 g/mol. The average Bonchev–Trinajstić information content (AvgIpc) is 2.62. The van der Waals surface area contributed by atoms with Crippen molar-refractivity contribution in [3.05, 3.63) is 51.5 Å². The van der Waals surface area contributed by atoms with Gasteiger partial charge in [0.2, 0.25) is 0 Å². The average molecular weight is 384 g/mol. The van der Waals surface area contributed by atoms with Crippen molar-refractivity contribution in [2.24, 2.45) is 0 Å². The summed E-state index contributed by atoms with van der Waals surface area (Å²) in [5.41, 5.74) is 1.32. The number of rotatable bonds is 7. The molecule has 0 radical (unpaired) electrons. The predicted octanol–water partition coefficient (Wildman–Crippen LogP) is 3.99. The van der Waals surface area contributed by atoms with Crippen LogP contribution in [-0.4, -0.2) is 33.8 Å². The quantitative estimate of drug-likeness (QED) is 0.784. The van der Waals surface area contributed by atoms with Gasteiger partial charge in [0.1, 0.15) is 5.75 Å². The molecule has 0 saturated carbocycles. The Morgan fingerprint density at radius 3 is 2.36 bits per heavy atom. The minimum Gasteiger partial charge on any atom is -0.497 e.